The number of aryl methyl sites for hydroxylation is 1. The molecule has 0 bridgehead atoms. The fraction of sp³-hybridized carbons (Fsp3) is 0.368. The Labute approximate surface area is 140 Å². The van der Waals surface area contributed by atoms with Crippen LogP contribution in [0.2, 0.25) is 0 Å². The van der Waals surface area contributed by atoms with E-state index >= 15 is 0 Å². The zero-order chi connectivity index (χ0) is 16.5. The molecule has 0 amide bonds. The van der Waals surface area contributed by atoms with E-state index in [9.17, 15) is 4.39 Å². The Kier molecular flexibility index (Phi) is 4.02. The summed E-state index contributed by atoms with van der Waals surface area (Å²) in [6.07, 6.45) is 4.03. The number of pyridine rings is 1. The number of hydrogen-bond donors (Lipinski definition) is 0. The van der Waals surface area contributed by atoms with Gasteiger partial charge in [0, 0.05) is 43.2 Å². The topological polar surface area (TPSA) is 34.0 Å². The highest BCUT2D eigenvalue weighted by Crippen LogP contribution is 2.31. The van der Waals surface area contributed by atoms with Gasteiger partial charge in [-0.1, -0.05) is 18.2 Å². The molecule has 4 rings (SSSR count). The second-order valence-electron chi connectivity index (χ2n) is 6.55. The smallest absolute Gasteiger partial charge is 0.157 e. The maximum Gasteiger partial charge on any atom is 0.157 e. The predicted molar refractivity (Wildman–Crippen MR) is 92.2 cm³/mol. The minimum atomic E-state index is -0.118. The van der Waals surface area contributed by atoms with Crippen molar-refractivity contribution in [2.24, 2.45) is 7.05 Å². The molecule has 0 radical (unpaired) electrons. The molecule has 1 atom stereocenters. The zero-order valence-electron chi connectivity index (χ0n) is 13.8. The molecular weight excluding hydrogens is 303 g/mol. The van der Waals surface area contributed by atoms with Crippen molar-refractivity contribution in [3.05, 3.63) is 59.7 Å². The molecule has 0 N–H and O–H groups in total. The molecule has 3 heterocycles. The number of fused-ring (bicyclic) bond motifs is 1. The van der Waals surface area contributed by atoms with Crippen LogP contribution in [-0.2, 0) is 13.6 Å². The zero-order valence-corrected chi connectivity index (χ0v) is 13.8. The van der Waals surface area contributed by atoms with Crippen LogP contribution in [0.4, 0.5) is 4.39 Å². The Morgan fingerprint density at radius 2 is 2.08 bits per heavy atom. The fourth-order valence-corrected chi connectivity index (χ4v) is 3.71. The van der Waals surface area contributed by atoms with Gasteiger partial charge in [0.05, 0.1) is 5.69 Å². The SMILES string of the molecule is Cn1nc(C2CCCN(Cc3ccccc3F)C2)c2cccnc21. The van der Waals surface area contributed by atoms with Gasteiger partial charge in [-0.3, -0.25) is 9.58 Å². The molecule has 24 heavy (non-hydrogen) atoms. The van der Waals surface area contributed by atoms with Crippen molar-refractivity contribution >= 4 is 11.0 Å². The maximum absolute atomic E-state index is 13.9. The third-order valence-electron chi connectivity index (χ3n) is 4.87. The lowest BCUT2D eigenvalue weighted by molar-refractivity contribution is 0.196. The highest BCUT2D eigenvalue weighted by Gasteiger charge is 2.26. The monoisotopic (exact) mass is 324 g/mol. The number of nitrogens with zero attached hydrogens (tertiary/aromatic N) is 4. The highest BCUT2D eigenvalue weighted by molar-refractivity contribution is 5.78. The van der Waals surface area contributed by atoms with Crippen molar-refractivity contribution in [2.75, 3.05) is 13.1 Å². The molecule has 1 fully saturated rings. The van der Waals surface area contributed by atoms with Crippen LogP contribution in [0.15, 0.2) is 42.6 Å². The minimum absolute atomic E-state index is 0.118. The third-order valence-corrected chi connectivity index (χ3v) is 4.87. The quantitative estimate of drug-likeness (QED) is 0.739. The van der Waals surface area contributed by atoms with E-state index in [1.807, 2.05) is 29.9 Å². The van der Waals surface area contributed by atoms with Crippen molar-refractivity contribution in [3.8, 4) is 0 Å². The van der Waals surface area contributed by atoms with Crippen LogP contribution < -0.4 is 0 Å². The van der Waals surface area contributed by atoms with Gasteiger partial charge < -0.3 is 0 Å². The summed E-state index contributed by atoms with van der Waals surface area (Å²) < 4.78 is 15.8. The molecule has 5 heteroatoms. The van der Waals surface area contributed by atoms with Crippen LogP contribution in [0.5, 0.6) is 0 Å². The van der Waals surface area contributed by atoms with Crippen molar-refractivity contribution in [1.29, 1.82) is 0 Å². The molecule has 124 valence electrons. The first kappa shape index (κ1) is 15.3. The van der Waals surface area contributed by atoms with Crippen molar-refractivity contribution < 1.29 is 4.39 Å². The standard InChI is InChI=1S/C19H21FN4/c1-23-19-16(8-4-10-21-19)18(22-23)15-7-5-11-24(13-15)12-14-6-2-3-9-17(14)20/h2-4,6,8-10,15H,5,7,11-13H2,1H3. The van der Waals surface area contributed by atoms with Crippen molar-refractivity contribution in [1.82, 2.24) is 19.7 Å². The molecule has 4 nitrogen and oxygen atoms in total. The molecule has 1 unspecified atom stereocenters. The van der Waals surface area contributed by atoms with Crippen LogP contribution in [0.1, 0.15) is 30.0 Å². The summed E-state index contributed by atoms with van der Waals surface area (Å²) in [6.45, 7) is 2.58. The van der Waals surface area contributed by atoms with E-state index in [4.69, 9.17) is 5.10 Å². The van der Waals surface area contributed by atoms with Gasteiger partial charge in [-0.2, -0.15) is 5.10 Å². The van der Waals surface area contributed by atoms with Crippen molar-refractivity contribution in [3.63, 3.8) is 0 Å². The van der Waals surface area contributed by atoms with Crippen molar-refractivity contribution in [2.45, 2.75) is 25.3 Å². The molecule has 3 aromatic rings. The summed E-state index contributed by atoms with van der Waals surface area (Å²) in [5, 5.41) is 5.86. The lowest BCUT2D eigenvalue weighted by Crippen LogP contribution is -2.34. The molecule has 1 saturated heterocycles. The minimum Gasteiger partial charge on any atom is -0.298 e. The Balaban J connectivity index is 1.57. The average molecular weight is 324 g/mol. The lowest BCUT2D eigenvalue weighted by atomic mass is 9.93. The average Bonchev–Trinajstić information content (AvgIpc) is 2.95. The number of hydrogen-bond acceptors (Lipinski definition) is 3. The van der Waals surface area contributed by atoms with Crippen LogP contribution in [0.25, 0.3) is 11.0 Å². The van der Waals surface area contributed by atoms with Gasteiger partial charge in [-0.15, -0.1) is 0 Å². The summed E-state index contributed by atoms with van der Waals surface area (Å²) in [6, 6.07) is 11.1. The first-order chi connectivity index (χ1) is 11.7. The van der Waals surface area contributed by atoms with Crippen LogP contribution in [0.3, 0.4) is 0 Å². The van der Waals surface area contributed by atoms with E-state index in [1.54, 1.807) is 12.3 Å². The first-order valence-electron chi connectivity index (χ1n) is 8.46. The van der Waals surface area contributed by atoms with E-state index in [0.717, 1.165) is 48.2 Å². The normalized spacial score (nSPS) is 19.0. The molecule has 0 aliphatic carbocycles. The van der Waals surface area contributed by atoms with Gasteiger partial charge in [-0.05, 0) is 37.6 Å². The van der Waals surface area contributed by atoms with E-state index in [2.05, 4.69) is 16.0 Å². The highest BCUT2D eigenvalue weighted by atomic mass is 19.1. The third kappa shape index (κ3) is 2.80. The molecule has 2 aromatic heterocycles. The molecule has 1 aliphatic rings. The number of aromatic nitrogens is 3. The number of halogens is 1. The molecule has 1 aliphatic heterocycles. The van der Waals surface area contributed by atoms with Gasteiger partial charge in [0.1, 0.15) is 5.82 Å². The fourth-order valence-electron chi connectivity index (χ4n) is 3.71. The summed E-state index contributed by atoms with van der Waals surface area (Å²) >= 11 is 0. The molecule has 0 spiro atoms. The Morgan fingerprint density at radius 1 is 1.21 bits per heavy atom. The summed E-state index contributed by atoms with van der Waals surface area (Å²) in [5.74, 6) is 0.255. The van der Waals surface area contributed by atoms with Gasteiger partial charge in [0.25, 0.3) is 0 Å². The van der Waals surface area contributed by atoms with Crippen LogP contribution in [0, 0.1) is 5.82 Å². The molecule has 1 aromatic carbocycles. The van der Waals surface area contributed by atoms with Crippen LogP contribution >= 0.6 is 0 Å². The van der Waals surface area contributed by atoms with Gasteiger partial charge >= 0.3 is 0 Å². The Hall–Kier alpha value is -2.27. The largest absolute Gasteiger partial charge is 0.298 e. The van der Waals surface area contributed by atoms with E-state index < -0.39 is 0 Å². The summed E-state index contributed by atoms with van der Waals surface area (Å²) in [5.41, 5.74) is 2.82. The molecular formula is C19H21FN4. The van der Waals surface area contributed by atoms with E-state index in [1.165, 1.54) is 6.07 Å². The van der Waals surface area contributed by atoms with Crippen LogP contribution in [-0.4, -0.2) is 32.8 Å². The van der Waals surface area contributed by atoms with E-state index in [0.29, 0.717) is 12.5 Å². The second-order valence-corrected chi connectivity index (χ2v) is 6.55. The Morgan fingerprint density at radius 3 is 2.96 bits per heavy atom. The van der Waals surface area contributed by atoms with Gasteiger partial charge in [0.2, 0.25) is 0 Å². The summed E-state index contributed by atoms with van der Waals surface area (Å²) in [4.78, 5) is 6.77. The van der Waals surface area contributed by atoms with E-state index in [-0.39, 0.29) is 5.82 Å². The lowest BCUT2D eigenvalue weighted by Gasteiger charge is -2.32. The Bertz CT molecular complexity index is 857. The number of rotatable bonds is 3. The maximum atomic E-state index is 13.9. The van der Waals surface area contributed by atoms with Gasteiger partial charge in [0.15, 0.2) is 5.65 Å². The van der Waals surface area contributed by atoms with Gasteiger partial charge in [-0.25, -0.2) is 9.37 Å². The number of benzene rings is 1. The summed E-state index contributed by atoms with van der Waals surface area (Å²) in [7, 11) is 1.94. The number of likely N-dealkylation sites (tertiary alicyclic amines) is 1. The first-order valence-corrected chi connectivity index (χ1v) is 8.46. The number of piperidine rings is 1. The second kappa shape index (κ2) is 6.32. The predicted octanol–water partition coefficient (Wildman–Crippen LogP) is 3.49. The molecule has 0 saturated carbocycles.